The summed E-state index contributed by atoms with van der Waals surface area (Å²) in [5, 5.41) is 3.41. The van der Waals surface area contributed by atoms with Crippen LogP contribution in [-0.2, 0) is 0 Å². The van der Waals surface area contributed by atoms with Gasteiger partial charge in [0.1, 0.15) is 0 Å². The standard InChI is InChI=1S/C10H24N2/c1-10(2)12-9-7-5-3-4-6-8-11/h10,12H,3-9,11H2,1-2H3. The fourth-order valence-electron chi connectivity index (χ4n) is 1.19. The summed E-state index contributed by atoms with van der Waals surface area (Å²) in [5.74, 6) is 0. The Morgan fingerprint density at radius 1 is 1.00 bits per heavy atom. The highest BCUT2D eigenvalue weighted by atomic mass is 14.9. The number of hydrogen-bond acceptors (Lipinski definition) is 2. The summed E-state index contributed by atoms with van der Waals surface area (Å²) >= 11 is 0. The fourth-order valence-corrected chi connectivity index (χ4v) is 1.19. The number of nitrogens with one attached hydrogen (secondary N) is 1. The third-order valence-corrected chi connectivity index (χ3v) is 1.93. The minimum absolute atomic E-state index is 0.633. The molecule has 3 N–H and O–H groups in total. The number of rotatable bonds is 8. The Morgan fingerprint density at radius 2 is 1.58 bits per heavy atom. The van der Waals surface area contributed by atoms with Gasteiger partial charge in [0.15, 0.2) is 0 Å². The molecule has 0 spiro atoms. The van der Waals surface area contributed by atoms with Gasteiger partial charge in [0.2, 0.25) is 0 Å². The van der Waals surface area contributed by atoms with Gasteiger partial charge in [-0.1, -0.05) is 33.1 Å². The van der Waals surface area contributed by atoms with E-state index in [0.29, 0.717) is 6.04 Å². The summed E-state index contributed by atoms with van der Waals surface area (Å²) in [6.07, 6.45) is 6.50. The average molecular weight is 172 g/mol. The van der Waals surface area contributed by atoms with Crippen molar-refractivity contribution in [3.63, 3.8) is 0 Å². The first kappa shape index (κ1) is 11.9. The molecule has 0 aliphatic rings. The molecule has 0 rings (SSSR count). The third kappa shape index (κ3) is 9.92. The maximum Gasteiger partial charge on any atom is 0.00103 e. The maximum atomic E-state index is 5.40. The quantitative estimate of drug-likeness (QED) is 0.549. The Balaban J connectivity index is 2.82. The van der Waals surface area contributed by atoms with Crippen molar-refractivity contribution in [2.24, 2.45) is 5.73 Å². The van der Waals surface area contributed by atoms with E-state index in [-0.39, 0.29) is 0 Å². The van der Waals surface area contributed by atoms with Gasteiger partial charge in [-0.05, 0) is 25.9 Å². The molecule has 0 amide bonds. The van der Waals surface area contributed by atoms with Crippen molar-refractivity contribution in [1.82, 2.24) is 5.32 Å². The van der Waals surface area contributed by atoms with E-state index in [1.54, 1.807) is 0 Å². The van der Waals surface area contributed by atoms with Gasteiger partial charge in [0, 0.05) is 6.04 Å². The molecule has 0 saturated carbocycles. The zero-order chi connectivity index (χ0) is 9.23. The lowest BCUT2D eigenvalue weighted by Crippen LogP contribution is -2.23. The predicted octanol–water partition coefficient (Wildman–Crippen LogP) is 1.89. The van der Waals surface area contributed by atoms with E-state index in [4.69, 9.17) is 5.73 Å². The van der Waals surface area contributed by atoms with Crippen molar-refractivity contribution in [3.8, 4) is 0 Å². The van der Waals surface area contributed by atoms with Gasteiger partial charge in [0.25, 0.3) is 0 Å². The second kappa shape index (κ2) is 9.01. The van der Waals surface area contributed by atoms with Crippen LogP contribution in [0.1, 0.15) is 46.0 Å². The molecule has 0 aromatic rings. The van der Waals surface area contributed by atoms with E-state index < -0.39 is 0 Å². The van der Waals surface area contributed by atoms with Crippen LogP contribution in [0.15, 0.2) is 0 Å². The van der Waals surface area contributed by atoms with Crippen LogP contribution in [0.3, 0.4) is 0 Å². The Morgan fingerprint density at radius 3 is 2.17 bits per heavy atom. The molecule has 0 fully saturated rings. The predicted molar refractivity (Wildman–Crippen MR) is 55.3 cm³/mol. The van der Waals surface area contributed by atoms with Crippen molar-refractivity contribution in [2.45, 2.75) is 52.0 Å². The van der Waals surface area contributed by atoms with Crippen LogP contribution in [0.4, 0.5) is 0 Å². The largest absolute Gasteiger partial charge is 0.330 e. The van der Waals surface area contributed by atoms with Gasteiger partial charge in [0.05, 0.1) is 0 Å². The molecule has 0 aromatic carbocycles. The summed E-state index contributed by atoms with van der Waals surface area (Å²) in [5.41, 5.74) is 5.40. The first-order chi connectivity index (χ1) is 5.77. The minimum Gasteiger partial charge on any atom is -0.330 e. The first-order valence-corrected chi connectivity index (χ1v) is 5.21. The molecular weight excluding hydrogens is 148 g/mol. The van der Waals surface area contributed by atoms with Crippen LogP contribution in [0, 0.1) is 0 Å². The Hall–Kier alpha value is -0.0800. The number of unbranched alkanes of at least 4 members (excludes halogenated alkanes) is 4. The summed E-state index contributed by atoms with van der Waals surface area (Å²) in [6, 6.07) is 0.633. The van der Waals surface area contributed by atoms with E-state index in [9.17, 15) is 0 Å². The van der Waals surface area contributed by atoms with Crippen LogP contribution in [-0.4, -0.2) is 19.1 Å². The minimum atomic E-state index is 0.633. The molecule has 12 heavy (non-hydrogen) atoms. The second-order valence-electron chi connectivity index (χ2n) is 3.67. The molecule has 0 saturated heterocycles. The van der Waals surface area contributed by atoms with Gasteiger partial charge >= 0.3 is 0 Å². The van der Waals surface area contributed by atoms with Crippen molar-refractivity contribution in [3.05, 3.63) is 0 Å². The monoisotopic (exact) mass is 172 g/mol. The fraction of sp³-hybridized carbons (Fsp3) is 1.00. The van der Waals surface area contributed by atoms with Crippen molar-refractivity contribution in [1.29, 1.82) is 0 Å². The zero-order valence-corrected chi connectivity index (χ0v) is 8.60. The molecule has 0 unspecified atom stereocenters. The molecule has 0 aromatic heterocycles. The molecule has 0 aliphatic heterocycles. The average Bonchev–Trinajstić information content (AvgIpc) is 2.02. The van der Waals surface area contributed by atoms with Crippen molar-refractivity contribution in [2.75, 3.05) is 13.1 Å². The van der Waals surface area contributed by atoms with E-state index in [1.807, 2.05) is 0 Å². The van der Waals surface area contributed by atoms with Crippen molar-refractivity contribution < 1.29 is 0 Å². The lowest BCUT2D eigenvalue weighted by molar-refractivity contribution is 0.538. The van der Waals surface area contributed by atoms with Crippen LogP contribution in [0.5, 0.6) is 0 Å². The molecule has 0 atom stereocenters. The van der Waals surface area contributed by atoms with E-state index in [1.165, 1.54) is 38.6 Å². The number of nitrogens with two attached hydrogens (primary N) is 1. The molecule has 74 valence electrons. The normalized spacial score (nSPS) is 11.0. The smallest absolute Gasteiger partial charge is 0.00103 e. The Labute approximate surface area is 76.9 Å². The molecule has 2 heteroatoms. The molecule has 0 heterocycles. The van der Waals surface area contributed by atoms with Crippen LogP contribution >= 0.6 is 0 Å². The first-order valence-electron chi connectivity index (χ1n) is 5.21. The Bertz CT molecular complexity index is 81.9. The molecule has 0 bridgehead atoms. The van der Waals surface area contributed by atoms with E-state index in [2.05, 4.69) is 19.2 Å². The highest BCUT2D eigenvalue weighted by molar-refractivity contribution is 4.53. The molecule has 0 radical (unpaired) electrons. The van der Waals surface area contributed by atoms with E-state index in [0.717, 1.165) is 6.54 Å². The summed E-state index contributed by atoms with van der Waals surface area (Å²) in [4.78, 5) is 0. The maximum absolute atomic E-state index is 5.40. The van der Waals surface area contributed by atoms with Gasteiger partial charge in [-0.15, -0.1) is 0 Å². The van der Waals surface area contributed by atoms with Crippen LogP contribution in [0.2, 0.25) is 0 Å². The topological polar surface area (TPSA) is 38.0 Å². The second-order valence-corrected chi connectivity index (χ2v) is 3.67. The van der Waals surface area contributed by atoms with Gasteiger partial charge < -0.3 is 11.1 Å². The summed E-state index contributed by atoms with van der Waals surface area (Å²) in [7, 11) is 0. The highest BCUT2D eigenvalue weighted by Crippen LogP contribution is 2.01. The molecular formula is C10H24N2. The van der Waals surface area contributed by atoms with Crippen LogP contribution in [0.25, 0.3) is 0 Å². The molecule has 2 nitrogen and oxygen atoms in total. The van der Waals surface area contributed by atoms with Gasteiger partial charge in [-0.25, -0.2) is 0 Å². The number of hydrogen-bond donors (Lipinski definition) is 2. The van der Waals surface area contributed by atoms with Crippen LogP contribution < -0.4 is 11.1 Å². The zero-order valence-electron chi connectivity index (χ0n) is 8.60. The highest BCUT2D eigenvalue weighted by Gasteiger charge is 1.92. The van der Waals surface area contributed by atoms with E-state index >= 15 is 0 Å². The summed E-state index contributed by atoms with van der Waals surface area (Å²) in [6.45, 7) is 6.40. The van der Waals surface area contributed by atoms with Crippen molar-refractivity contribution >= 4 is 0 Å². The molecule has 0 aliphatic carbocycles. The lowest BCUT2D eigenvalue weighted by Gasteiger charge is -2.06. The lowest BCUT2D eigenvalue weighted by atomic mass is 10.1. The third-order valence-electron chi connectivity index (χ3n) is 1.93. The van der Waals surface area contributed by atoms with Gasteiger partial charge in [-0.2, -0.15) is 0 Å². The Kier molecular flexibility index (Phi) is 8.95. The SMILES string of the molecule is CC(C)NCCCCCCCN. The van der Waals surface area contributed by atoms with Gasteiger partial charge in [-0.3, -0.25) is 0 Å². The summed E-state index contributed by atoms with van der Waals surface area (Å²) < 4.78 is 0.